The Labute approximate surface area is 332 Å². The molecule has 0 N–H and O–H groups in total. The molecule has 0 saturated carbocycles. The van der Waals surface area contributed by atoms with Gasteiger partial charge in [0.15, 0.2) is 0 Å². The molecule has 11 aromatic carbocycles. The number of fused-ring (bicyclic) bond motifs is 12. The molecule has 0 radical (unpaired) electrons. The number of rotatable bonds is 3. The molecule has 58 heavy (non-hydrogen) atoms. The molecule has 0 fully saturated rings. The van der Waals surface area contributed by atoms with E-state index in [0.717, 1.165) is 60.4 Å². The minimum Gasteiger partial charge on any atom is -0.456 e. The molecular weight excluding hydrogens is 705 g/mol. The van der Waals surface area contributed by atoms with E-state index < -0.39 is 0 Å². The van der Waals surface area contributed by atoms with E-state index in [2.05, 4.69) is 182 Å². The van der Waals surface area contributed by atoms with Crippen LogP contribution in [0.1, 0.15) is 0 Å². The second-order valence-electron chi connectivity index (χ2n) is 15.6. The van der Waals surface area contributed by atoms with Gasteiger partial charge >= 0.3 is 0 Å². The molecule has 0 spiro atoms. The second kappa shape index (κ2) is 11.9. The predicted octanol–water partition coefficient (Wildman–Crippen LogP) is 16.3. The largest absolute Gasteiger partial charge is 0.456 e. The van der Waals surface area contributed by atoms with Gasteiger partial charge in [-0.25, -0.2) is 0 Å². The summed E-state index contributed by atoms with van der Waals surface area (Å²) in [6.45, 7) is 0. The van der Waals surface area contributed by atoms with Gasteiger partial charge < -0.3 is 8.83 Å². The number of hydrogen-bond donors (Lipinski definition) is 0. The predicted molar refractivity (Wildman–Crippen MR) is 245 cm³/mol. The molecule has 0 aliphatic rings. The van der Waals surface area contributed by atoms with Gasteiger partial charge in [-0.15, -0.1) is 0 Å². The summed E-state index contributed by atoms with van der Waals surface area (Å²) >= 11 is 0. The van der Waals surface area contributed by atoms with Crippen molar-refractivity contribution in [3.8, 4) is 33.4 Å². The van der Waals surface area contributed by atoms with Crippen molar-refractivity contribution in [2.45, 2.75) is 0 Å². The smallest absolute Gasteiger partial charge is 0.136 e. The first-order valence-electron chi connectivity index (χ1n) is 19.9. The third-order valence-electron chi connectivity index (χ3n) is 12.4. The quantitative estimate of drug-likeness (QED) is 0.169. The van der Waals surface area contributed by atoms with Crippen LogP contribution in [0.25, 0.3) is 131 Å². The summed E-state index contributed by atoms with van der Waals surface area (Å²) in [5.41, 5.74) is 10.9. The van der Waals surface area contributed by atoms with Gasteiger partial charge in [-0.1, -0.05) is 146 Å². The fourth-order valence-electron chi connectivity index (χ4n) is 9.75. The Balaban J connectivity index is 0.932. The maximum atomic E-state index is 6.56. The van der Waals surface area contributed by atoms with Crippen molar-refractivity contribution in [2.75, 3.05) is 0 Å². The highest BCUT2D eigenvalue weighted by atomic mass is 16.3. The molecule has 2 aromatic heterocycles. The third-order valence-corrected chi connectivity index (χ3v) is 12.4. The summed E-state index contributed by atoms with van der Waals surface area (Å²) in [7, 11) is 0. The summed E-state index contributed by atoms with van der Waals surface area (Å²) in [6, 6.07) is 70.5. The number of benzene rings is 11. The van der Waals surface area contributed by atoms with Gasteiger partial charge in [0.2, 0.25) is 0 Å². The average molecular weight is 737 g/mol. The normalized spacial score (nSPS) is 12.1. The summed E-state index contributed by atoms with van der Waals surface area (Å²) in [6.07, 6.45) is 0. The van der Waals surface area contributed by atoms with Crippen molar-refractivity contribution in [2.24, 2.45) is 0 Å². The average Bonchev–Trinajstić information content (AvgIpc) is 3.84. The molecule has 268 valence electrons. The van der Waals surface area contributed by atoms with Crippen molar-refractivity contribution in [3.05, 3.63) is 194 Å². The van der Waals surface area contributed by atoms with Crippen LogP contribution in [0.2, 0.25) is 0 Å². The Bertz CT molecular complexity index is 3800. The highest BCUT2D eigenvalue weighted by Gasteiger charge is 2.19. The van der Waals surface area contributed by atoms with Gasteiger partial charge in [-0.2, -0.15) is 0 Å². The van der Waals surface area contributed by atoms with Crippen LogP contribution in [0.4, 0.5) is 0 Å². The Morgan fingerprint density at radius 3 is 1.60 bits per heavy atom. The van der Waals surface area contributed by atoms with Crippen LogP contribution in [0.3, 0.4) is 0 Å². The number of hydrogen-bond acceptors (Lipinski definition) is 2. The Morgan fingerprint density at radius 1 is 0.241 bits per heavy atom. The van der Waals surface area contributed by atoms with Gasteiger partial charge in [-0.3, -0.25) is 0 Å². The minimum absolute atomic E-state index is 0.887. The van der Waals surface area contributed by atoms with Crippen LogP contribution in [-0.4, -0.2) is 0 Å². The molecule has 0 unspecified atom stereocenters. The van der Waals surface area contributed by atoms with Crippen molar-refractivity contribution < 1.29 is 8.83 Å². The molecule has 13 rings (SSSR count). The molecule has 0 bridgehead atoms. The molecule has 0 aliphatic heterocycles. The van der Waals surface area contributed by atoms with Crippen LogP contribution in [-0.2, 0) is 0 Å². The standard InChI is InChI=1S/C56H32O2/c1-2-12-40-33(10-1)11-9-18-42(40)55-45-16-5-3-14-43(45)54(44-15-4-6-17-46(44)55)39-23-22-34-28-35(20-21-36(34)29-39)37-24-26-47-52(30-37)58-51-27-25-38-31-53-49(32-48(38)56(47)51)41-13-7-8-19-50(41)57-53/h1-32H. The third kappa shape index (κ3) is 4.54. The summed E-state index contributed by atoms with van der Waals surface area (Å²) in [4.78, 5) is 0. The lowest BCUT2D eigenvalue weighted by Gasteiger charge is -2.19. The first-order valence-corrected chi connectivity index (χ1v) is 19.9. The van der Waals surface area contributed by atoms with E-state index in [1.807, 2.05) is 12.1 Å². The zero-order valence-electron chi connectivity index (χ0n) is 31.3. The van der Waals surface area contributed by atoms with E-state index >= 15 is 0 Å². The van der Waals surface area contributed by atoms with E-state index in [9.17, 15) is 0 Å². The summed E-state index contributed by atoms with van der Waals surface area (Å²) in [5, 5.41) is 16.8. The lowest BCUT2D eigenvalue weighted by molar-refractivity contribution is 0.668. The highest BCUT2D eigenvalue weighted by Crippen LogP contribution is 2.46. The Kier molecular flexibility index (Phi) is 6.47. The van der Waals surface area contributed by atoms with Gasteiger partial charge in [-0.05, 0) is 136 Å². The fourth-order valence-corrected chi connectivity index (χ4v) is 9.75. The fraction of sp³-hybridized carbons (Fsp3) is 0. The van der Waals surface area contributed by atoms with E-state index in [4.69, 9.17) is 8.83 Å². The van der Waals surface area contributed by atoms with Crippen molar-refractivity contribution in [3.63, 3.8) is 0 Å². The molecule has 0 saturated heterocycles. The van der Waals surface area contributed by atoms with Crippen LogP contribution in [0.5, 0.6) is 0 Å². The van der Waals surface area contributed by atoms with Gasteiger partial charge in [0.25, 0.3) is 0 Å². The molecule has 2 nitrogen and oxygen atoms in total. The zero-order chi connectivity index (χ0) is 37.9. The first kappa shape index (κ1) is 31.5. The maximum absolute atomic E-state index is 6.56. The Hall–Kier alpha value is -7.68. The lowest BCUT2D eigenvalue weighted by Crippen LogP contribution is -1.91. The Morgan fingerprint density at radius 2 is 0.810 bits per heavy atom. The second-order valence-corrected chi connectivity index (χ2v) is 15.6. The molecule has 2 heterocycles. The monoisotopic (exact) mass is 736 g/mol. The van der Waals surface area contributed by atoms with Crippen LogP contribution >= 0.6 is 0 Å². The minimum atomic E-state index is 0.887. The van der Waals surface area contributed by atoms with E-state index in [-0.39, 0.29) is 0 Å². The van der Waals surface area contributed by atoms with Gasteiger partial charge in [0.05, 0.1) is 0 Å². The van der Waals surface area contributed by atoms with Crippen LogP contribution in [0.15, 0.2) is 203 Å². The molecule has 0 aliphatic carbocycles. The summed E-state index contributed by atoms with van der Waals surface area (Å²) in [5.74, 6) is 0. The number of para-hydroxylation sites is 1. The van der Waals surface area contributed by atoms with E-state index in [0.29, 0.717) is 0 Å². The highest BCUT2D eigenvalue weighted by molar-refractivity contribution is 6.25. The van der Waals surface area contributed by atoms with Gasteiger partial charge in [0.1, 0.15) is 22.3 Å². The first-order chi connectivity index (χ1) is 28.7. The molecule has 0 atom stereocenters. The molecular formula is C56H32O2. The van der Waals surface area contributed by atoms with Crippen LogP contribution in [0, 0.1) is 0 Å². The van der Waals surface area contributed by atoms with E-state index in [1.54, 1.807) is 0 Å². The molecule has 0 amide bonds. The SMILES string of the molecule is c1ccc2c(-c3c4ccccc4c(-c4ccc5cc(-c6ccc7c(c6)oc6ccc8cc9oc%10ccccc%10c9cc8c67)ccc5c4)c4ccccc34)cccc2c1. The lowest BCUT2D eigenvalue weighted by atomic mass is 9.84. The zero-order valence-corrected chi connectivity index (χ0v) is 31.3. The molecule has 13 aromatic rings. The van der Waals surface area contributed by atoms with Crippen LogP contribution < -0.4 is 0 Å². The molecule has 2 heteroatoms. The topological polar surface area (TPSA) is 26.3 Å². The van der Waals surface area contributed by atoms with Crippen molar-refractivity contribution >= 4 is 97.7 Å². The maximum Gasteiger partial charge on any atom is 0.136 e. The van der Waals surface area contributed by atoms with Gasteiger partial charge in [0, 0.05) is 21.5 Å². The van der Waals surface area contributed by atoms with Crippen molar-refractivity contribution in [1.82, 2.24) is 0 Å². The number of furan rings is 2. The van der Waals surface area contributed by atoms with E-state index in [1.165, 1.54) is 70.7 Å². The van der Waals surface area contributed by atoms with Crippen molar-refractivity contribution in [1.29, 1.82) is 0 Å². The summed E-state index contributed by atoms with van der Waals surface area (Å²) < 4.78 is 12.8.